The molecular formula is C17H22N2O3. The van der Waals surface area contributed by atoms with Crippen LogP contribution in [0.3, 0.4) is 0 Å². The van der Waals surface area contributed by atoms with E-state index < -0.39 is 0 Å². The predicted octanol–water partition coefficient (Wildman–Crippen LogP) is 2.06. The normalized spacial score (nSPS) is 20.8. The first-order chi connectivity index (χ1) is 10.7. The minimum atomic E-state index is -0.324. The summed E-state index contributed by atoms with van der Waals surface area (Å²) in [5.74, 6) is -0.201. The van der Waals surface area contributed by atoms with Gasteiger partial charge in [-0.05, 0) is 31.4 Å². The lowest BCUT2D eigenvalue weighted by molar-refractivity contribution is -0.146. The van der Waals surface area contributed by atoms with Crippen molar-refractivity contribution in [1.82, 2.24) is 10.3 Å². The number of rotatable bonds is 5. The summed E-state index contributed by atoms with van der Waals surface area (Å²) in [5, 5.41) is 13.7. The number of esters is 1. The van der Waals surface area contributed by atoms with Gasteiger partial charge in [0.15, 0.2) is 0 Å². The zero-order valence-corrected chi connectivity index (χ0v) is 12.8. The Balaban J connectivity index is 1.97. The zero-order chi connectivity index (χ0) is 15.5. The van der Waals surface area contributed by atoms with Gasteiger partial charge in [-0.3, -0.25) is 10.1 Å². The van der Waals surface area contributed by atoms with Crippen LogP contribution in [-0.4, -0.2) is 35.3 Å². The van der Waals surface area contributed by atoms with E-state index in [1.165, 1.54) is 10.9 Å². The van der Waals surface area contributed by atoms with Crippen LogP contribution < -0.4 is 5.32 Å². The Morgan fingerprint density at radius 1 is 1.41 bits per heavy atom. The van der Waals surface area contributed by atoms with Gasteiger partial charge in [0.25, 0.3) is 0 Å². The van der Waals surface area contributed by atoms with Gasteiger partial charge in [0.05, 0.1) is 6.61 Å². The Bertz CT molecular complexity index is 665. The summed E-state index contributed by atoms with van der Waals surface area (Å²) in [6, 6.07) is 7.87. The number of hydrogen-bond acceptors (Lipinski definition) is 4. The van der Waals surface area contributed by atoms with E-state index in [-0.39, 0.29) is 24.7 Å². The van der Waals surface area contributed by atoms with Crippen molar-refractivity contribution in [2.45, 2.75) is 38.3 Å². The lowest BCUT2D eigenvalue weighted by atomic mass is 9.92. The van der Waals surface area contributed by atoms with E-state index >= 15 is 0 Å². The van der Waals surface area contributed by atoms with Crippen molar-refractivity contribution in [2.75, 3.05) is 13.2 Å². The van der Waals surface area contributed by atoms with Gasteiger partial charge in [-0.15, -0.1) is 0 Å². The standard InChI is InChI=1S/C17H22N2O3/c1-2-22-17(21)15-10-12-11-6-3-4-7-13(11)19-16(12)14(18-15)8-5-9-20/h3-4,6-7,14-15,18-20H,2,5,8-10H2,1H3/t14-,15-/m1/s1. The van der Waals surface area contributed by atoms with Crippen LogP contribution in [-0.2, 0) is 16.0 Å². The van der Waals surface area contributed by atoms with E-state index in [9.17, 15) is 4.79 Å². The first-order valence-electron chi connectivity index (χ1n) is 7.87. The number of aliphatic hydroxyl groups is 1. The summed E-state index contributed by atoms with van der Waals surface area (Å²) in [5.41, 5.74) is 3.42. The van der Waals surface area contributed by atoms with Gasteiger partial charge < -0.3 is 14.8 Å². The molecule has 1 aromatic heterocycles. The van der Waals surface area contributed by atoms with Crippen LogP contribution in [0.25, 0.3) is 10.9 Å². The lowest BCUT2D eigenvalue weighted by Gasteiger charge is -2.30. The van der Waals surface area contributed by atoms with Crippen molar-refractivity contribution in [3.05, 3.63) is 35.5 Å². The minimum Gasteiger partial charge on any atom is -0.465 e. The molecule has 0 saturated heterocycles. The molecule has 5 heteroatoms. The number of ether oxygens (including phenoxy) is 1. The molecule has 118 valence electrons. The molecule has 0 radical (unpaired) electrons. The van der Waals surface area contributed by atoms with E-state index in [1.54, 1.807) is 0 Å². The van der Waals surface area contributed by atoms with Crippen molar-refractivity contribution in [3.63, 3.8) is 0 Å². The van der Waals surface area contributed by atoms with Crippen LogP contribution in [0.5, 0.6) is 0 Å². The third-order valence-electron chi connectivity index (χ3n) is 4.23. The molecule has 0 bridgehead atoms. The third-order valence-corrected chi connectivity index (χ3v) is 4.23. The number of benzene rings is 1. The number of aliphatic hydroxyl groups excluding tert-OH is 1. The number of fused-ring (bicyclic) bond motifs is 3. The van der Waals surface area contributed by atoms with Crippen LogP contribution in [0.15, 0.2) is 24.3 Å². The average Bonchev–Trinajstić information content (AvgIpc) is 2.91. The molecule has 1 aliphatic rings. The molecule has 5 nitrogen and oxygen atoms in total. The predicted molar refractivity (Wildman–Crippen MR) is 84.6 cm³/mol. The maximum atomic E-state index is 12.1. The van der Waals surface area contributed by atoms with Crippen molar-refractivity contribution >= 4 is 16.9 Å². The van der Waals surface area contributed by atoms with E-state index in [4.69, 9.17) is 9.84 Å². The number of carbonyl (C=O) groups excluding carboxylic acids is 1. The van der Waals surface area contributed by atoms with E-state index in [1.807, 2.05) is 19.1 Å². The first kappa shape index (κ1) is 15.1. The topological polar surface area (TPSA) is 74.4 Å². The maximum absolute atomic E-state index is 12.1. The molecule has 22 heavy (non-hydrogen) atoms. The number of nitrogens with one attached hydrogen (secondary N) is 2. The zero-order valence-electron chi connectivity index (χ0n) is 12.8. The Morgan fingerprint density at radius 2 is 2.23 bits per heavy atom. The minimum absolute atomic E-state index is 0.0395. The molecule has 0 amide bonds. The SMILES string of the molecule is CCOC(=O)[C@H]1Cc2c([nH]c3ccccc23)[C@@H](CCCO)N1. The van der Waals surface area contributed by atoms with Gasteiger partial charge in [0.2, 0.25) is 0 Å². The molecular weight excluding hydrogens is 280 g/mol. The Morgan fingerprint density at radius 3 is 3.00 bits per heavy atom. The fourth-order valence-corrected chi connectivity index (χ4v) is 3.24. The van der Waals surface area contributed by atoms with Crippen molar-refractivity contribution in [1.29, 1.82) is 0 Å². The van der Waals surface area contributed by atoms with Gasteiger partial charge in [-0.2, -0.15) is 0 Å². The van der Waals surface area contributed by atoms with Crippen LogP contribution in [0.4, 0.5) is 0 Å². The van der Waals surface area contributed by atoms with Crippen LogP contribution in [0, 0.1) is 0 Å². The molecule has 1 aliphatic heterocycles. The van der Waals surface area contributed by atoms with Crippen LogP contribution in [0.1, 0.15) is 37.1 Å². The number of para-hydroxylation sites is 1. The number of hydrogen-bond donors (Lipinski definition) is 3. The molecule has 0 spiro atoms. The highest BCUT2D eigenvalue weighted by Gasteiger charge is 2.33. The van der Waals surface area contributed by atoms with Gasteiger partial charge in [0.1, 0.15) is 6.04 Å². The fraction of sp³-hybridized carbons (Fsp3) is 0.471. The van der Waals surface area contributed by atoms with E-state index in [2.05, 4.69) is 22.4 Å². The molecule has 2 atom stereocenters. The molecule has 2 heterocycles. The summed E-state index contributed by atoms with van der Waals surface area (Å²) in [6.07, 6.45) is 2.11. The molecule has 0 fully saturated rings. The van der Waals surface area contributed by atoms with E-state index in [0.29, 0.717) is 19.4 Å². The second-order valence-corrected chi connectivity index (χ2v) is 5.66. The number of aromatic nitrogens is 1. The second-order valence-electron chi connectivity index (χ2n) is 5.66. The quantitative estimate of drug-likeness (QED) is 0.739. The van der Waals surface area contributed by atoms with E-state index in [0.717, 1.165) is 17.6 Å². The summed E-state index contributed by atoms with van der Waals surface area (Å²) >= 11 is 0. The molecule has 0 saturated carbocycles. The van der Waals surface area contributed by atoms with Gasteiger partial charge in [0, 0.05) is 35.7 Å². The first-order valence-corrected chi connectivity index (χ1v) is 7.87. The highest BCUT2D eigenvalue weighted by atomic mass is 16.5. The van der Waals surface area contributed by atoms with Crippen LogP contribution in [0.2, 0.25) is 0 Å². The molecule has 1 aromatic carbocycles. The molecule has 3 rings (SSSR count). The van der Waals surface area contributed by atoms with Gasteiger partial charge >= 0.3 is 5.97 Å². The highest BCUT2D eigenvalue weighted by molar-refractivity contribution is 5.87. The number of aromatic amines is 1. The number of H-pyrrole nitrogens is 1. The smallest absolute Gasteiger partial charge is 0.323 e. The Kier molecular flexibility index (Phi) is 4.45. The fourth-order valence-electron chi connectivity index (χ4n) is 3.24. The third kappa shape index (κ3) is 2.74. The van der Waals surface area contributed by atoms with Crippen molar-refractivity contribution in [2.24, 2.45) is 0 Å². The summed E-state index contributed by atoms with van der Waals surface area (Å²) in [6.45, 7) is 2.36. The molecule has 0 unspecified atom stereocenters. The summed E-state index contributed by atoms with van der Waals surface area (Å²) < 4.78 is 5.18. The number of carbonyl (C=O) groups is 1. The summed E-state index contributed by atoms with van der Waals surface area (Å²) in [7, 11) is 0. The van der Waals surface area contributed by atoms with Crippen molar-refractivity contribution in [3.8, 4) is 0 Å². The Labute approximate surface area is 129 Å². The van der Waals surface area contributed by atoms with Crippen molar-refractivity contribution < 1.29 is 14.6 Å². The van der Waals surface area contributed by atoms with Gasteiger partial charge in [-0.25, -0.2) is 0 Å². The monoisotopic (exact) mass is 302 g/mol. The Hall–Kier alpha value is -1.85. The maximum Gasteiger partial charge on any atom is 0.323 e. The molecule has 0 aliphatic carbocycles. The highest BCUT2D eigenvalue weighted by Crippen LogP contribution is 2.33. The lowest BCUT2D eigenvalue weighted by Crippen LogP contribution is -2.45. The largest absolute Gasteiger partial charge is 0.465 e. The van der Waals surface area contributed by atoms with Gasteiger partial charge in [-0.1, -0.05) is 18.2 Å². The van der Waals surface area contributed by atoms with Crippen LogP contribution >= 0.6 is 0 Å². The molecule has 2 aromatic rings. The molecule has 3 N–H and O–H groups in total. The second kappa shape index (κ2) is 6.50. The summed E-state index contributed by atoms with van der Waals surface area (Å²) in [4.78, 5) is 15.6. The average molecular weight is 302 g/mol.